The lowest BCUT2D eigenvalue weighted by Crippen LogP contribution is -2.18. The van der Waals surface area contributed by atoms with E-state index in [1.54, 1.807) is 0 Å². The van der Waals surface area contributed by atoms with Crippen LogP contribution in [0.2, 0.25) is 0 Å². The van der Waals surface area contributed by atoms with Gasteiger partial charge in [0, 0.05) is 6.54 Å². The van der Waals surface area contributed by atoms with Crippen molar-refractivity contribution in [3.8, 4) is 0 Å². The lowest BCUT2D eigenvalue weighted by molar-refractivity contribution is 0.360. The van der Waals surface area contributed by atoms with E-state index < -0.39 is 0 Å². The molecule has 0 radical (unpaired) electrons. The molecular formula is C21H23N. The molecule has 2 aromatic carbocycles. The fourth-order valence-corrected chi connectivity index (χ4v) is 2.91. The molecule has 0 N–H and O–H groups in total. The van der Waals surface area contributed by atoms with Gasteiger partial charge in [-0.05, 0) is 47.8 Å². The first-order valence-electron chi connectivity index (χ1n) is 8.05. The molecule has 0 saturated heterocycles. The van der Waals surface area contributed by atoms with Gasteiger partial charge >= 0.3 is 0 Å². The quantitative estimate of drug-likeness (QED) is 0.657. The number of hydrogen-bond donors (Lipinski definition) is 0. The van der Waals surface area contributed by atoms with E-state index in [4.69, 9.17) is 0 Å². The molecule has 0 fully saturated rings. The molecule has 0 aromatic heterocycles. The predicted octanol–water partition coefficient (Wildman–Crippen LogP) is 4.94. The second-order valence-corrected chi connectivity index (χ2v) is 5.81. The average molecular weight is 289 g/mol. The third kappa shape index (κ3) is 3.05. The maximum atomic E-state index is 2.40. The van der Waals surface area contributed by atoms with E-state index in [2.05, 4.69) is 85.6 Å². The second kappa shape index (κ2) is 6.76. The van der Waals surface area contributed by atoms with Gasteiger partial charge in [0.1, 0.15) is 0 Å². The van der Waals surface area contributed by atoms with Gasteiger partial charge in [0.25, 0.3) is 0 Å². The van der Waals surface area contributed by atoms with Crippen molar-refractivity contribution in [3.63, 3.8) is 0 Å². The van der Waals surface area contributed by atoms with Gasteiger partial charge in [-0.1, -0.05) is 73.7 Å². The van der Waals surface area contributed by atoms with E-state index in [1.165, 1.54) is 27.8 Å². The van der Waals surface area contributed by atoms with Crippen LogP contribution < -0.4 is 0 Å². The molecule has 1 heteroatoms. The van der Waals surface area contributed by atoms with E-state index in [1.807, 2.05) is 0 Å². The topological polar surface area (TPSA) is 3.24 Å². The van der Waals surface area contributed by atoms with Crippen molar-refractivity contribution >= 4 is 17.7 Å². The largest absolute Gasteiger partial charge is 0.306 e. The third-order valence-corrected chi connectivity index (χ3v) is 4.34. The Morgan fingerprint density at radius 3 is 1.95 bits per heavy atom. The van der Waals surface area contributed by atoms with Crippen LogP contribution in [0.1, 0.15) is 35.6 Å². The van der Waals surface area contributed by atoms with Crippen LogP contribution in [0.25, 0.3) is 17.7 Å². The first-order valence-corrected chi connectivity index (χ1v) is 8.05. The minimum atomic E-state index is 1.07. The molecule has 0 unspecified atom stereocenters. The molecule has 22 heavy (non-hydrogen) atoms. The first kappa shape index (κ1) is 14.8. The summed E-state index contributed by atoms with van der Waals surface area (Å²) in [5, 5.41) is 0. The van der Waals surface area contributed by atoms with E-state index in [0.717, 1.165) is 19.5 Å². The highest BCUT2D eigenvalue weighted by Crippen LogP contribution is 2.33. The van der Waals surface area contributed by atoms with E-state index in [-0.39, 0.29) is 0 Å². The Bertz CT molecular complexity index is 658. The Morgan fingerprint density at radius 2 is 1.41 bits per heavy atom. The van der Waals surface area contributed by atoms with Crippen LogP contribution in [0.4, 0.5) is 0 Å². The van der Waals surface area contributed by atoms with Gasteiger partial charge in [-0.2, -0.15) is 0 Å². The van der Waals surface area contributed by atoms with Crippen molar-refractivity contribution < 1.29 is 0 Å². The van der Waals surface area contributed by atoms with Crippen molar-refractivity contribution in [2.24, 2.45) is 0 Å². The van der Waals surface area contributed by atoms with Gasteiger partial charge in [0.05, 0.1) is 0 Å². The highest BCUT2D eigenvalue weighted by Gasteiger charge is 2.13. The van der Waals surface area contributed by atoms with Crippen molar-refractivity contribution in [2.45, 2.75) is 13.3 Å². The molecular weight excluding hydrogens is 266 g/mol. The Hall–Kier alpha value is -2.12. The van der Waals surface area contributed by atoms with E-state index in [9.17, 15) is 0 Å². The normalized spacial score (nSPS) is 12.8. The van der Waals surface area contributed by atoms with Gasteiger partial charge in [-0.15, -0.1) is 0 Å². The average Bonchev–Trinajstić information content (AvgIpc) is 2.72. The lowest BCUT2D eigenvalue weighted by Gasteiger charge is -2.14. The highest BCUT2D eigenvalue weighted by molar-refractivity contribution is 5.93. The molecule has 0 heterocycles. The van der Waals surface area contributed by atoms with Crippen LogP contribution >= 0.6 is 0 Å². The molecule has 2 aromatic rings. The summed E-state index contributed by atoms with van der Waals surface area (Å²) in [5.41, 5.74) is 6.63. The highest BCUT2D eigenvalue weighted by atomic mass is 15.1. The summed E-state index contributed by atoms with van der Waals surface area (Å²) in [7, 11) is 2.18. The monoisotopic (exact) mass is 289 g/mol. The first-order chi connectivity index (χ1) is 10.8. The standard InChI is InChI=1S/C21H23N/c1-3-22(2)16-8-13-21-19-11-6-4-9-17(19)14-15-18-10-5-7-12-20(18)21/h4-7,9-15H,3,8,16H2,1-2H3. The molecule has 112 valence electrons. The molecule has 0 amide bonds. The fourth-order valence-electron chi connectivity index (χ4n) is 2.91. The molecule has 0 aliphatic heterocycles. The van der Waals surface area contributed by atoms with Crippen molar-refractivity contribution in [1.29, 1.82) is 0 Å². The Kier molecular flexibility index (Phi) is 4.55. The summed E-state index contributed by atoms with van der Waals surface area (Å²) in [6.07, 6.45) is 7.93. The zero-order valence-electron chi connectivity index (χ0n) is 13.4. The number of nitrogens with zero attached hydrogens (tertiary/aromatic N) is 1. The number of rotatable bonds is 4. The zero-order valence-corrected chi connectivity index (χ0v) is 13.4. The maximum Gasteiger partial charge on any atom is 0.00131 e. The molecule has 1 aliphatic rings. The summed E-state index contributed by atoms with van der Waals surface area (Å²) in [5.74, 6) is 0. The zero-order chi connectivity index (χ0) is 15.4. The molecule has 0 atom stereocenters. The smallest absolute Gasteiger partial charge is 0.00131 e. The van der Waals surface area contributed by atoms with Gasteiger partial charge in [-0.3, -0.25) is 0 Å². The van der Waals surface area contributed by atoms with Crippen LogP contribution in [-0.2, 0) is 0 Å². The number of fused-ring (bicyclic) bond motifs is 2. The van der Waals surface area contributed by atoms with Gasteiger partial charge < -0.3 is 4.90 Å². The predicted molar refractivity (Wildman–Crippen MR) is 96.7 cm³/mol. The SMILES string of the molecule is CCN(C)CCC=C1c2ccccc2C=Cc2ccccc21. The summed E-state index contributed by atoms with van der Waals surface area (Å²) < 4.78 is 0. The maximum absolute atomic E-state index is 2.40. The fraction of sp³-hybridized carbons (Fsp3) is 0.238. The molecule has 0 bridgehead atoms. The number of hydrogen-bond acceptors (Lipinski definition) is 1. The summed E-state index contributed by atoms with van der Waals surface area (Å²) in [6, 6.07) is 17.4. The third-order valence-electron chi connectivity index (χ3n) is 4.34. The van der Waals surface area contributed by atoms with Crippen LogP contribution in [-0.4, -0.2) is 25.0 Å². The van der Waals surface area contributed by atoms with Gasteiger partial charge in [0.2, 0.25) is 0 Å². The summed E-state index contributed by atoms with van der Waals surface area (Å²) >= 11 is 0. The Morgan fingerprint density at radius 1 is 0.864 bits per heavy atom. The van der Waals surface area contributed by atoms with Crippen LogP contribution in [0.5, 0.6) is 0 Å². The lowest BCUT2D eigenvalue weighted by atomic mass is 9.93. The summed E-state index contributed by atoms with van der Waals surface area (Å²) in [4.78, 5) is 2.35. The van der Waals surface area contributed by atoms with Crippen molar-refractivity contribution in [2.75, 3.05) is 20.1 Å². The van der Waals surface area contributed by atoms with Gasteiger partial charge in [-0.25, -0.2) is 0 Å². The Labute approximate surface area is 133 Å². The minimum Gasteiger partial charge on any atom is -0.306 e. The molecule has 1 aliphatic carbocycles. The molecule has 0 saturated carbocycles. The van der Waals surface area contributed by atoms with Crippen LogP contribution in [0.15, 0.2) is 54.6 Å². The molecule has 0 spiro atoms. The molecule has 3 rings (SSSR count). The van der Waals surface area contributed by atoms with E-state index >= 15 is 0 Å². The van der Waals surface area contributed by atoms with Crippen LogP contribution in [0.3, 0.4) is 0 Å². The van der Waals surface area contributed by atoms with Gasteiger partial charge in [0.15, 0.2) is 0 Å². The van der Waals surface area contributed by atoms with Crippen molar-refractivity contribution in [3.05, 3.63) is 76.9 Å². The summed E-state index contributed by atoms with van der Waals surface area (Å²) in [6.45, 7) is 4.39. The number of benzene rings is 2. The Balaban J connectivity index is 2.03. The second-order valence-electron chi connectivity index (χ2n) is 5.81. The van der Waals surface area contributed by atoms with Crippen molar-refractivity contribution in [1.82, 2.24) is 4.90 Å². The van der Waals surface area contributed by atoms with Crippen LogP contribution in [0, 0.1) is 0 Å². The molecule has 1 nitrogen and oxygen atoms in total. The van der Waals surface area contributed by atoms with E-state index in [0.29, 0.717) is 0 Å². The minimum absolute atomic E-state index is 1.07.